The van der Waals surface area contributed by atoms with Gasteiger partial charge in [-0.05, 0) is 0 Å². The Bertz CT molecular complexity index is 479. The van der Waals surface area contributed by atoms with Crippen molar-refractivity contribution in [3.63, 3.8) is 0 Å². The van der Waals surface area contributed by atoms with Gasteiger partial charge in [-0.15, -0.1) is 0 Å². The third-order valence-corrected chi connectivity index (χ3v) is 10.7. The fourth-order valence-electron chi connectivity index (χ4n) is 3.81. The van der Waals surface area contributed by atoms with Gasteiger partial charge in [0.2, 0.25) is 0 Å². The molecule has 1 aliphatic carbocycles. The molecule has 1 aromatic rings. The molecule has 0 spiro atoms. The molecule has 0 unspecified atom stereocenters. The molecule has 23 heavy (non-hydrogen) atoms. The van der Waals surface area contributed by atoms with E-state index in [0.717, 1.165) is 3.43 Å². The van der Waals surface area contributed by atoms with Crippen LogP contribution in [-0.4, -0.2) is 21.1 Å². The summed E-state index contributed by atoms with van der Waals surface area (Å²) in [5, 5.41) is 0. The molecule has 1 aliphatic rings. The molecule has 0 nitrogen and oxygen atoms in total. The quantitative estimate of drug-likeness (QED) is 0.340. The van der Waals surface area contributed by atoms with Crippen molar-refractivity contribution in [2.24, 2.45) is 0 Å². The van der Waals surface area contributed by atoms with E-state index in [9.17, 15) is 0 Å². The minimum atomic E-state index is -0.506. The number of rotatable bonds is 11. The van der Waals surface area contributed by atoms with E-state index in [0.29, 0.717) is 0 Å². The zero-order chi connectivity index (χ0) is 16.5. The summed E-state index contributed by atoms with van der Waals surface area (Å²) >= 11 is -0.506. The van der Waals surface area contributed by atoms with Gasteiger partial charge >= 0.3 is 155 Å². The van der Waals surface area contributed by atoms with Gasteiger partial charge in [-0.25, -0.2) is 0 Å². The Morgan fingerprint density at radius 1 is 0.870 bits per heavy atom. The molecule has 0 saturated heterocycles. The number of hydrogen-bond donors (Lipinski definition) is 0. The van der Waals surface area contributed by atoms with Crippen molar-refractivity contribution in [1.82, 2.24) is 0 Å². The van der Waals surface area contributed by atoms with Crippen LogP contribution in [0.5, 0.6) is 0 Å². The van der Waals surface area contributed by atoms with E-state index in [-0.39, 0.29) is 0 Å². The van der Waals surface area contributed by atoms with Crippen LogP contribution < -0.4 is 0 Å². The average Bonchev–Trinajstić information content (AvgIpc) is 2.98. The van der Waals surface area contributed by atoms with Gasteiger partial charge in [-0.3, -0.25) is 0 Å². The molecule has 2 radical (unpaired) electrons. The molecule has 0 heterocycles. The Morgan fingerprint density at radius 3 is 1.96 bits per heavy atom. The third-order valence-electron chi connectivity index (χ3n) is 5.22. The van der Waals surface area contributed by atoms with Crippen LogP contribution in [0.3, 0.4) is 0 Å². The van der Waals surface area contributed by atoms with Crippen LogP contribution in [0.25, 0.3) is 6.08 Å². The van der Waals surface area contributed by atoms with Crippen LogP contribution in [0.4, 0.5) is 0 Å². The first-order chi connectivity index (χ1) is 11.2. The number of hydrogen-bond acceptors (Lipinski definition) is 0. The number of benzene rings is 1. The van der Waals surface area contributed by atoms with E-state index in [1.807, 2.05) is 3.59 Å². The molecule has 1 heteroatoms. The fraction of sp³-hybridized carbons (Fsp3) is 0.636. The normalized spacial score (nSPS) is 14.0. The van der Waals surface area contributed by atoms with E-state index in [2.05, 4.69) is 51.1 Å². The van der Waals surface area contributed by atoms with Gasteiger partial charge in [0.1, 0.15) is 0 Å². The molecule has 0 fully saturated rings. The number of unbranched alkanes of at least 4 members (excludes halogenated alkanes) is 3. The molecular formula is C22H34Sn. The van der Waals surface area contributed by atoms with Crippen molar-refractivity contribution < 1.29 is 0 Å². The molecule has 0 aromatic heterocycles. The Hall–Kier alpha value is -0.241. The summed E-state index contributed by atoms with van der Waals surface area (Å²) in [4.78, 5) is 0. The topological polar surface area (TPSA) is 0 Å². The molecule has 0 atom stereocenters. The van der Waals surface area contributed by atoms with Crippen molar-refractivity contribution in [2.45, 2.75) is 88.4 Å². The van der Waals surface area contributed by atoms with Gasteiger partial charge in [-0.1, -0.05) is 0 Å². The number of fused-ring (bicyclic) bond motifs is 1. The van der Waals surface area contributed by atoms with Gasteiger partial charge in [0, 0.05) is 0 Å². The van der Waals surface area contributed by atoms with Crippen molar-refractivity contribution in [1.29, 1.82) is 0 Å². The molecule has 0 N–H and O–H groups in total. The van der Waals surface area contributed by atoms with Gasteiger partial charge in [0.05, 0.1) is 0 Å². The summed E-state index contributed by atoms with van der Waals surface area (Å²) in [6.45, 7) is 7.08. The molecule has 0 amide bonds. The molecular weight excluding hydrogens is 383 g/mol. The molecule has 0 bridgehead atoms. The van der Waals surface area contributed by atoms with Crippen LogP contribution >= 0.6 is 0 Å². The van der Waals surface area contributed by atoms with Crippen LogP contribution in [0.2, 0.25) is 3.43 Å². The van der Waals surface area contributed by atoms with Gasteiger partial charge < -0.3 is 0 Å². The summed E-state index contributed by atoms with van der Waals surface area (Å²) in [5.74, 6) is 0. The van der Waals surface area contributed by atoms with Crippen molar-refractivity contribution >= 4 is 27.2 Å². The standard InChI is InChI=1S/C13H27.C9H7.Sn/c1-4-7-10-13(11-8-5-2)12-9-6-3;1-2-5-9-7-3-6-8(9)4-1;/h4-12H2,1-3H3;1-2,4-6H,7H2;. The molecule has 2 rings (SSSR count). The van der Waals surface area contributed by atoms with E-state index >= 15 is 0 Å². The van der Waals surface area contributed by atoms with E-state index in [1.54, 1.807) is 5.56 Å². The van der Waals surface area contributed by atoms with Crippen molar-refractivity contribution in [2.75, 3.05) is 0 Å². The number of allylic oxidation sites excluding steroid dienone is 1. The van der Waals surface area contributed by atoms with Crippen LogP contribution in [-0.2, 0) is 6.42 Å². The van der Waals surface area contributed by atoms with Crippen LogP contribution in [0.15, 0.2) is 27.9 Å². The first-order valence-corrected chi connectivity index (χ1v) is 12.6. The Kier molecular flexibility index (Phi) is 8.23. The molecule has 0 saturated carbocycles. The second-order valence-electron chi connectivity index (χ2n) is 7.26. The Labute approximate surface area is 154 Å². The van der Waals surface area contributed by atoms with Crippen molar-refractivity contribution in [3.8, 4) is 0 Å². The van der Waals surface area contributed by atoms with Crippen molar-refractivity contribution in [3.05, 3.63) is 39.0 Å². The molecule has 1 aromatic carbocycles. The van der Waals surface area contributed by atoms with Gasteiger partial charge in [0.25, 0.3) is 0 Å². The zero-order valence-corrected chi connectivity index (χ0v) is 18.3. The second-order valence-corrected chi connectivity index (χ2v) is 12.8. The third kappa shape index (κ3) is 5.65. The monoisotopic (exact) mass is 418 g/mol. The second kappa shape index (κ2) is 9.91. The Balaban J connectivity index is 2.12. The van der Waals surface area contributed by atoms with Gasteiger partial charge in [-0.2, -0.15) is 0 Å². The summed E-state index contributed by atoms with van der Waals surface area (Å²) in [7, 11) is 0. The minimum absolute atomic E-state index is 0.506. The van der Waals surface area contributed by atoms with E-state index in [1.165, 1.54) is 69.8 Å². The Morgan fingerprint density at radius 2 is 1.43 bits per heavy atom. The predicted molar refractivity (Wildman–Crippen MR) is 105 cm³/mol. The van der Waals surface area contributed by atoms with Gasteiger partial charge in [0.15, 0.2) is 0 Å². The van der Waals surface area contributed by atoms with Crippen LogP contribution in [0, 0.1) is 0 Å². The van der Waals surface area contributed by atoms with E-state index in [4.69, 9.17) is 0 Å². The van der Waals surface area contributed by atoms with Crippen LogP contribution in [0.1, 0.15) is 89.7 Å². The molecule has 0 aliphatic heterocycles. The van der Waals surface area contributed by atoms with E-state index < -0.39 is 21.1 Å². The maximum atomic E-state index is 2.57. The fourth-order valence-corrected chi connectivity index (χ4v) is 9.78. The summed E-state index contributed by atoms with van der Waals surface area (Å²) in [6, 6.07) is 9.05. The summed E-state index contributed by atoms with van der Waals surface area (Å²) in [5.41, 5.74) is 3.09. The average molecular weight is 417 g/mol. The molecule has 126 valence electrons. The maximum absolute atomic E-state index is 2.57. The SMILES string of the molecule is CCCC[C](CCCC)(CCCC)[Sn][C]1=Cc2ccccc2C1. The predicted octanol–water partition coefficient (Wildman–Crippen LogP) is 7.02. The first-order valence-electron chi connectivity index (χ1n) is 9.79. The summed E-state index contributed by atoms with van der Waals surface area (Å²) < 4.78 is 2.59. The first kappa shape index (κ1) is 19.1. The zero-order valence-electron chi connectivity index (χ0n) is 15.5. The summed E-state index contributed by atoms with van der Waals surface area (Å²) in [6.07, 6.45) is 16.7.